The van der Waals surface area contributed by atoms with Crippen molar-refractivity contribution in [3.63, 3.8) is 0 Å². The number of anilines is 1. The van der Waals surface area contributed by atoms with Crippen LogP contribution in [0.1, 0.15) is 39.5 Å². The average Bonchev–Trinajstić information content (AvgIpc) is 3.75. The Labute approximate surface area is 321 Å². The molecule has 288 valence electrons. The van der Waals surface area contributed by atoms with E-state index in [0.717, 1.165) is 38.2 Å². The number of methoxy groups -OCH3 is 1. The fourth-order valence-electron chi connectivity index (χ4n) is 7.04. The standard InChI is InChI=1S/C37H44ClF2N9O4S/c1-23-29(21-43-49(23)16-18-53-3)26-6-7-28(33(40)32(26)39)31-22-42-34(45(31)2)35(50)44-25-4-5-27(30(38)20-25)37(52)48-14-12-47(13-15-48)36(51)24-8-10-46(11-9-24)17-19-54-41/h4-7,20-22,24H,8-19,41H2,1-3H3,(H,44,50). The molecule has 0 atom stereocenters. The minimum Gasteiger partial charge on any atom is -0.383 e. The number of aromatic nitrogens is 4. The van der Waals surface area contributed by atoms with E-state index in [4.69, 9.17) is 21.5 Å². The number of halogens is 3. The van der Waals surface area contributed by atoms with Crippen molar-refractivity contribution in [1.82, 2.24) is 34.0 Å². The van der Waals surface area contributed by atoms with Gasteiger partial charge >= 0.3 is 0 Å². The molecular weight excluding hydrogens is 740 g/mol. The van der Waals surface area contributed by atoms with Crippen LogP contribution in [0, 0.1) is 24.5 Å². The van der Waals surface area contributed by atoms with Crippen molar-refractivity contribution in [3.05, 3.63) is 76.5 Å². The minimum atomic E-state index is -1.08. The van der Waals surface area contributed by atoms with Crippen molar-refractivity contribution in [1.29, 1.82) is 0 Å². The highest BCUT2D eigenvalue weighted by Crippen LogP contribution is 2.33. The lowest BCUT2D eigenvalue weighted by atomic mass is 9.95. The van der Waals surface area contributed by atoms with E-state index in [-0.39, 0.29) is 51.0 Å². The van der Waals surface area contributed by atoms with E-state index in [2.05, 4.69) is 20.3 Å². The number of piperidine rings is 1. The molecule has 54 heavy (non-hydrogen) atoms. The normalized spacial score (nSPS) is 15.5. The Bertz CT molecular complexity index is 2010. The number of ether oxygens (including phenoxy) is 1. The first-order valence-electron chi connectivity index (χ1n) is 17.8. The van der Waals surface area contributed by atoms with Crippen LogP contribution in [0.15, 0.2) is 42.7 Å². The number of carbonyl (C=O) groups is 3. The Balaban J connectivity index is 1.06. The lowest BCUT2D eigenvalue weighted by Crippen LogP contribution is -2.53. The largest absolute Gasteiger partial charge is 0.383 e. The Morgan fingerprint density at radius 2 is 1.65 bits per heavy atom. The molecule has 0 bridgehead atoms. The second kappa shape index (κ2) is 17.4. The molecule has 2 aromatic heterocycles. The van der Waals surface area contributed by atoms with Gasteiger partial charge in [0.2, 0.25) is 5.91 Å². The van der Waals surface area contributed by atoms with Crippen molar-refractivity contribution < 1.29 is 27.9 Å². The van der Waals surface area contributed by atoms with Gasteiger partial charge < -0.3 is 29.3 Å². The van der Waals surface area contributed by atoms with Crippen molar-refractivity contribution in [3.8, 4) is 22.4 Å². The predicted octanol–water partition coefficient (Wildman–Crippen LogP) is 4.69. The van der Waals surface area contributed by atoms with Gasteiger partial charge in [-0.3, -0.25) is 24.2 Å². The van der Waals surface area contributed by atoms with Crippen LogP contribution in [0.25, 0.3) is 22.4 Å². The Morgan fingerprint density at radius 3 is 2.33 bits per heavy atom. The van der Waals surface area contributed by atoms with Gasteiger partial charge in [-0.15, -0.1) is 0 Å². The fourth-order valence-corrected chi connectivity index (χ4v) is 7.66. The molecule has 0 spiro atoms. The number of likely N-dealkylation sites (tertiary alicyclic amines) is 1. The van der Waals surface area contributed by atoms with Gasteiger partial charge in [0.15, 0.2) is 17.5 Å². The minimum absolute atomic E-state index is 0.00207. The molecule has 17 heteroatoms. The van der Waals surface area contributed by atoms with Crippen LogP contribution in [-0.4, -0.2) is 117 Å². The molecule has 0 aliphatic carbocycles. The third-order valence-corrected chi connectivity index (χ3v) is 11.0. The average molecular weight is 784 g/mol. The third kappa shape index (κ3) is 8.32. The first kappa shape index (κ1) is 39.3. The maximum Gasteiger partial charge on any atom is 0.291 e. The van der Waals surface area contributed by atoms with Gasteiger partial charge in [-0.05, 0) is 57.1 Å². The summed E-state index contributed by atoms with van der Waals surface area (Å²) in [6.07, 6.45) is 4.44. The number of amides is 3. The molecule has 2 aromatic carbocycles. The van der Waals surface area contributed by atoms with Crippen molar-refractivity contribution in [2.75, 3.05) is 70.6 Å². The molecule has 0 radical (unpaired) electrons. The van der Waals surface area contributed by atoms with Crippen LogP contribution in [0.5, 0.6) is 0 Å². The monoisotopic (exact) mass is 783 g/mol. The number of rotatable bonds is 12. The highest BCUT2D eigenvalue weighted by Gasteiger charge is 2.32. The van der Waals surface area contributed by atoms with Gasteiger partial charge in [0, 0.05) is 86.6 Å². The highest BCUT2D eigenvalue weighted by atomic mass is 35.5. The summed E-state index contributed by atoms with van der Waals surface area (Å²) in [4.78, 5) is 50.0. The van der Waals surface area contributed by atoms with Crippen molar-refractivity contribution in [2.45, 2.75) is 26.3 Å². The first-order valence-corrected chi connectivity index (χ1v) is 19.2. The van der Waals surface area contributed by atoms with Crippen LogP contribution in [0.3, 0.4) is 0 Å². The van der Waals surface area contributed by atoms with E-state index in [0.29, 0.717) is 56.3 Å². The number of nitrogens with two attached hydrogens (primary N) is 1. The van der Waals surface area contributed by atoms with Crippen LogP contribution >= 0.6 is 23.5 Å². The molecule has 3 amide bonds. The molecular formula is C37H44ClF2N9O4S. The number of hydrogen-bond acceptors (Lipinski definition) is 9. The second-order valence-corrected chi connectivity index (χ2v) is 14.6. The highest BCUT2D eigenvalue weighted by molar-refractivity contribution is 7.97. The summed E-state index contributed by atoms with van der Waals surface area (Å²) in [5, 5.41) is 12.7. The quantitative estimate of drug-likeness (QED) is 0.196. The van der Waals surface area contributed by atoms with E-state index in [1.807, 2.05) is 4.90 Å². The van der Waals surface area contributed by atoms with E-state index >= 15 is 8.78 Å². The molecule has 0 saturated carbocycles. The molecule has 2 aliphatic heterocycles. The summed E-state index contributed by atoms with van der Waals surface area (Å²) in [6, 6.07) is 7.50. The number of imidazole rings is 1. The maximum absolute atomic E-state index is 15.5. The third-order valence-electron chi connectivity index (χ3n) is 10.2. The van der Waals surface area contributed by atoms with E-state index in [9.17, 15) is 14.4 Å². The number of carbonyl (C=O) groups excluding carboxylic acids is 3. The van der Waals surface area contributed by atoms with E-state index in [1.165, 1.54) is 54.2 Å². The summed E-state index contributed by atoms with van der Waals surface area (Å²) in [5.41, 5.74) is 1.91. The molecule has 2 saturated heterocycles. The smallest absolute Gasteiger partial charge is 0.291 e. The zero-order valence-electron chi connectivity index (χ0n) is 30.5. The molecule has 13 nitrogen and oxygen atoms in total. The van der Waals surface area contributed by atoms with E-state index < -0.39 is 17.5 Å². The molecule has 3 N–H and O–H groups in total. The lowest BCUT2D eigenvalue weighted by molar-refractivity contribution is -0.138. The molecule has 4 aromatic rings. The van der Waals surface area contributed by atoms with Crippen LogP contribution in [0.4, 0.5) is 14.5 Å². The van der Waals surface area contributed by atoms with Crippen molar-refractivity contribution >= 4 is 47.0 Å². The van der Waals surface area contributed by atoms with E-state index in [1.54, 1.807) is 35.7 Å². The van der Waals surface area contributed by atoms with Crippen molar-refractivity contribution in [2.24, 2.45) is 18.1 Å². The molecule has 4 heterocycles. The summed E-state index contributed by atoms with van der Waals surface area (Å²) in [7, 11) is 3.10. The molecule has 2 fully saturated rings. The Morgan fingerprint density at radius 1 is 0.963 bits per heavy atom. The maximum atomic E-state index is 15.5. The summed E-state index contributed by atoms with van der Waals surface area (Å²) < 4.78 is 39.1. The Hall–Kier alpha value is -4.35. The Kier molecular flexibility index (Phi) is 12.7. The molecule has 0 unspecified atom stereocenters. The van der Waals surface area contributed by atoms with Gasteiger partial charge in [-0.25, -0.2) is 13.8 Å². The van der Waals surface area contributed by atoms with Gasteiger partial charge in [-0.1, -0.05) is 29.6 Å². The second-order valence-electron chi connectivity index (χ2n) is 13.4. The lowest BCUT2D eigenvalue weighted by Gasteiger charge is -2.38. The number of hydrogen-bond donors (Lipinski definition) is 2. The molecule has 6 rings (SSSR count). The van der Waals surface area contributed by atoms with Gasteiger partial charge in [0.1, 0.15) is 0 Å². The number of nitrogens with zero attached hydrogens (tertiary/aromatic N) is 7. The van der Waals surface area contributed by atoms with Gasteiger partial charge in [0.25, 0.3) is 11.8 Å². The SMILES string of the molecule is COCCn1ncc(-c2ccc(-c3cnc(C(=O)Nc4ccc(C(=O)N5CCN(C(=O)C6CCN(CCSN)CC6)CC5)c(Cl)c4)n3C)c(F)c2F)c1C. The summed E-state index contributed by atoms with van der Waals surface area (Å²) in [5.74, 6) is -2.03. The first-order chi connectivity index (χ1) is 26.0. The summed E-state index contributed by atoms with van der Waals surface area (Å²) >= 11 is 7.88. The van der Waals surface area contributed by atoms with Gasteiger partial charge in [0.05, 0.1) is 41.8 Å². The number of benzene rings is 2. The zero-order valence-corrected chi connectivity index (χ0v) is 32.1. The molecule has 2 aliphatic rings. The van der Waals surface area contributed by atoms with Crippen LogP contribution < -0.4 is 10.5 Å². The van der Waals surface area contributed by atoms with Gasteiger partial charge in [-0.2, -0.15) is 5.10 Å². The summed E-state index contributed by atoms with van der Waals surface area (Å²) in [6.45, 7) is 7.04. The fraction of sp³-hybridized carbons (Fsp3) is 0.432. The predicted molar refractivity (Wildman–Crippen MR) is 204 cm³/mol. The van der Waals surface area contributed by atoms with Crippen LogP contribution in [0.2, 0.25) is 5.02 Å². The van der Waals surface area contributed by atoms with Crippen LogP contribution in [-0.2, 0) is 23.1 Å². The number of piperazine rings is 1. The zero-order chi connectivity index (χ0) is 38.5. The number of nitrogens with one attached hydrogen (secondary N) is 1. The topological polar surface area (TPSA) is 144 Å².